The van der Waals surface area contributed by atoms with Crippen molar-refractivity contribution >= 4 is 29.4 Å². The summed E-state index contributed by atoms with van der Waals surface area (Å²) >= 11 is 6.02. The molecule has 1 aromatic carbocycles. The van der Waals surface area contributed by atoms with Gasteiger partial charge in [0.2, 0.25) is 5.91 Å². The molecule has 1 saturated carbocycles. The molecule has 1 atom stereocenters. The topological polar surface area (TPSA) is 69.7 Å². The maximum Gasteiger partial charge on any atom is 0.325 e. The summed E-state index contributed by atoms with van der Waals surface area (Å²) in [7, 11) is 0. The zero-order chi connectivity index (χ0) is 19.1. The van der Waals surface area contributed by atoms with Crippen LogP contribution in [0.3, 0.4) is 0 Å². The second kappa shape index (κ2) is 6.91. The molecule has 2 fully saturated rings. The summed E-state index contributed by atoms with van der Waals surface area (Å²) in [6.45, 7) is 5.69. The standard InChI is InChI=1S/C19H24ClN3O3/c1-12(2)22(10-13-5-4-6-15(20)9-13)16(24)11-23-17(25)19(3,14-7-8-14)21-18(23)26/h4-6,9,12,14H,7-8,10-11H2,1-3H3,(H,21,26). The first-order valence-corrected chi connectivity index (χ1v) is 9.28. The molecule has 2 aliphatic rings. The first-order valence-electron chi connectivity index (χ1n) is 8.90. The van der Waals surface area contributed by atoms with Crippen LogP contribution in [0.4, 0.5) is 4.79 Å². The average Bonchev–Trinajstić information content (AvgIpc) is 3.38. The second-order valence-electron chi connectivity index (χ2n) is 7.54. The molecule has 26 heavy (non-hydrogen) atoms. The van der Waals surface area contributed by atoms with E-state index >= 15 is 0 Å². The van der Waals surface area contributed by atoms with Gasteiger partial charge < -0.3 is 10.2 Å². The van der Waals surface area contributed by atoms with Gasteiger partial charge in [0, 0.05) is 17.6 Å². The van der Waals surface area contributed by atoms with Crippen LogP contribution in [-0.2, 0) is 16.1 Å². The van der Waals surface area contributed by atoms with E-state index in [1.807, 2.05) is 32.0 Å². The van der Waals surface area contributed by atoms with Gasteiger partial charge in [-0.3, -0.25) is 14.5 Å². The predicted molar refractivity (Wildman–Crippen MR) is 98.5 cm³/mol. The van der Waals surface area contributed by atoms with E-state index in [4.69, 9.17) is 11.6 Å². The first kappa shape index (κ1) is 18.7. The highest BCUT2D eigenvalue weighted by atomic mass is 35.5. The number of carbonyl (C=O) groups is 3. The van der Waals surface area contributed by atoms with Crippen LogP contribution in [-0.4, -0.2) is 45.8 Å². The van der Waals surface area contributed by atoms with Crippen molar-refractivity contribution in [3.05, 3.63) is 34.9 Å². The van der Waals surface area contributed by atoms with Gasteiger partial charge in [0.05, 0.1) is 0 Å². The number of nitrogens with one attached hydrogen (secondary N) is 1. The molecule has 7 heteroatoms. The lowest BCUT2D eigenvalue weighted by atomic mass is 9.96. The Morgan fingerprint density at radius 1 is 1.38 bits per heavy atom. The Morgan fingerprint density at radius 2 is 2.08 bits per heavy atom. The van der Waals surface area contributed by atoms with Crippen LogP contribution in [0.1, 0.15) is 39.2 Å². The molecule has 1 heterocycles. The van der Waals surface area contributed by atoms with Crippen molar-refractivity contribution < 1.29 is 14.4 Å². The summed E-state index contributed by atoms with van der Waals surface area (Å²) < 4.78 is 0. The summed E-state index contributed by atoms with van der Waals surface area (Å²) in [6, 6.07) is 6.76. The highest BCUT2D eigenvalue weighted by molar-refractivity contribution is 6.30. The van der Waals surface area contributed by atoms with Crippen LogP contribution in [0.2, 0.25) is 5.02 Å². The van der Waals surface area contributed by atoms with Crippen molar-refractivity contribution in [3.8, 4) is 0 Å². The third-order valence-corrected chi connectivity index (χ3v) is 5.41. The van der Waals surface area contributed by atoms with Crippen LogP contribution in [0.15, 0.2) is 24.3 Å². The van der Waals surface area contributed by atoms with Gasteiger partial charge in [-0.2, -0.15) is 0 Å². The molecule has 140 valence electrons. The van der Waals surface area contributed by atoms with E-state index in [0.717, 1.165) is 23.3 Å². The number of benzene rings is 1. The highest BCUT2D eigenvalue weighted by Crippen LogP contribution is 2.42. The van der Waals surface area contributed by atoms with Gasteiger partial charge >= 0.3 is 6.03 Å². The first-order chi connectivity index (χ1) is 12.2. The molecule has 1 N–H and O–H groups in total. The third-order valence-electron chi connectivity index (χ3n) is 5.17. The largest absolute Gasteiger partial charge is 0.334 e. The molecule has 1 aliphatic heterocycles. The Bertz CT molecular complexity index is 747. The van der Waals surface area contributed by atoms with E-state index in [-0.39, 0.29) is 30.3 Å². The fourth-order valence-electron chi connectivity index (χ4n) is 3.41. The van der Waals surface area contributed by atoms with Gasteiger partial charge in [-0.15, -0.1) is 0 Å². The van der Waals surface area contributed by atoms with E-state index in [0.29, 0.717) is 11.6 Å². The predicted octanol–water partition coefficient (Wildman–Crippen LogP) is 2.80. The van der Waals surface area contributed by atoms with Crippen LogP contribution >= 0.6 is 11.6 Å². The maximum absolute atomic E-state index is 12.8. The van der Waals surface area contributed by atoms with Crippen LogP contribution in [0, 0.1) is 5.92 Å². The zero-order valence-electron chi connectivity index (χ0n) is 15.3. The second-order valence-corrected chi connectivity index (χ2v) is 7.98. The van der Waals surface area contributed by atoms with Crippen molar-refractivity contribution in [3.63, 3.8) is 0 Å². The van der Waals surface area contributed by atoms with Crippen LogP contribution < -0.4 is 5.32 Å². The maximum atomic E-state index is 12.8. The minimum atomic E-state index is -0.868. The summed E-state index contributed by atoms with van der Waals surface area (Å²) in [4.78, 5) is 40.5. The Labute approximate surface area is 158 Å². The smallest absolute Gasteiger partial charge is 0.325 e. The molecule has 0 spiro atoms. The Hall–Kier alpha value is -2.08. The van der Waals surface area contributed by atoms with Crippen molar-refractivity contribution in [2.45, 2.75) is 51.7 Å². The van der Waals surface area contributed by atoms with E-state index < -0.39 is 11.6 Å². The molecular weight excluding hydrogens is 354 g/mol. The van der Waals surface area contributed by atoms with E-state index in [1.165, 1.54) is 0 Å². The number of rotatable bonds is 6. The van der Waals surface area contributed by atoms with Crippen LogP contribution in [0.5, 0.6) is 0 Å². The van der Waals surface area contributed by atoms with E-state index in [9.17, 15) is 14.4 Å². The minimum absolute atomic E-state index is 0.0722. The lowest BCUT2D eigenvalue weighted by molar-refractivity contribution is -0.140. The average molecular weight is 378 g/mol. The van der Waals surface area contributed by atoms with Crippen molar-refractivity contribution in [2.75, 3.05) is 6.54 Å². The fraction of sp³-hybridized carbons (Fsp3) is 0.526. The molecule has 1 aromatic rings. The molecule has 3 rings (SSSR count). The number of imide groups is 1. The lowest BCUT2D eigenvalue weighted by Crippen LogP contribution is -2.48. The number of carbonyl (C=O) groups excluding carboxylic acids is 3. The molecule has 0 bridgehead atoms. The number of urea groups is 1. The molecule has 0 radical (unpaired) electrons. The summed E-state index contributed by atoms with van der Waals surface area (Å²) in [5.41, 5.74) is 0.0343. The Kier molecular flexibility index (Phi) is 4.97. The summed E-state index contributed by atoms with van der Waals surface area (Å²) in [6.07, 6.45) is 1.86. The van der Waals surface area contributed by atoms with Gasteiger partial charge in [-0.05, 0) is 57.2 Å². The molecule has 1 unspecified atom stereocenters. The summed E-state index contributed by atoms with van der Waals surface area (Å²) in [5.74, 6) is -0.389. The number of amides is 4. The van der Waals surface area contributed by atoms with Gasteiger partial charge in [0.25, 0.3) is 5.91 Å². The fourth-order valence-corrected chi connectivity index (χ4v) is 3.63. The van der Waals surface area contributed by atoms with Crippen molar-refractivity contribution in [2.24, 2.45) is 5.92 Å². The molecule has 6 nitrogen and oxygen atoms in total. The Morgan fingerprint density at radius 3 is 2.65 bits per heavy atom. The third kappa shape index (κ3) is 3.56. The highest BCUT2D eigenvalue weighted by Gasteiger charge is 2.56. The van der Waals surface area contributed by atoms with Crippen molar-refractivity contribution in [1.29, 1.82) is 0 Å². The van der Waals surface area contributed by atoms with Gasteiger partial charge in [-0.1, -0.05) is 23.7 Å². The number of hydrogen-bond acceptors (Lipinski definition) is 3. The minimum Gasteiger partial charge on any atom is -0.334 e. The van der Waals surface area contributed by atoms with Crippen molar-refractivity contribution in [1.82, 2.24) is 15.1 Å². The molecular formula is C19H24ClN3O3. The van der Waals surface area contributed by atoms with Crippen LogP contribution in [0.25, 0.3) is 0 Å². The monoisotopic (exact) mass is 377 g/mol. The summed E-state index contributed by atoms with van der Waals surface area (Å²) in [5, 5.41) is 3.38. The zero-order valence-corrected chi connectivity index (χ0v) is 16.0. The van der Waals surface area contributed by atoms with Gasteiger partial charge in [0.1, 0.15) is 12.1 Å². The lowest BCUT2D eigenvalue weighted by Gasteiger charge is -2.28. The van der Waals surface area contributed by atoms with Gasteiger partial charge in [-0.25, -0.2) is 4.79 Å². The normalized spacial score (nSPS) is 22.7. The number of halogens is 1. The molecule has 1 saturated heterocycles. The van der Waals surface area contributed by atoms with Gasteiger partial charge in [0.15, 0.2) is 0 Å². The quantitative estimate of drug-likeness (QED) is 0.775. The molecule has 0 aromatic heterocycles. The molecule has 4 amide bonds. The van der Waals surface area contributed by atoms with E-state index in [1.54, 1.807) is 17.9 Å². The SMILES string of the molecule is CC(C)N(Cc1cccc(Cl)c1)C(=O)CN1C(=O)NC(C)(C2CC2)C1=O. The molecule has 1 aliphatic carbocycles. The number of hydrogen-bond donors (Lipinski definition) is 1. The Balaban J connectivity index is 1.72. The van der Waals surface area contributed by atoms with E-state index in [2.05, 4.69) is 5.32 Å². The number of nitrogens with zero attached hydrogens (tertiary/aromatic N) is 2.